The molecule has 0 radical (unpaired) electrons. The molecule has 0 aromatic heterocycles. The van der Waals surface area contributed by atoms with Crippen molar-refractivity contribution in [1.82, 2.24) is 4.90 Å². The zero-order valence-corrected chi connectivity index (χ0v) is 12.7. The van der Waals surface area contributed by atoms with E-state index >= 15 is 0 Å². The van der Waals surface area contributed by atoms with Gasteiger partial charge in [0.25, 0.3) is 0 Å². The maximum absolute atomic E-state index is 12.1. The molecule has 1 aromatic rings. The lowest BCUT2D eigenvalue weighted by molar-refractivity contribution is -0.134. The lowest BCUT2D eigenvalue weighted by Crippen LogP contribution is -2.36. The number of aliphatic hydroxyl groups is 1. The Morgan fingerprint density at radius 1 is 1.30 bits per heavy atom. The minimum Gasteiger partial charge on any atom is -0.389 e. The zero-order valence-electron chi connectivity index (χ0n) is 11.9. The lowest BCUT2D eigenvalue weighted by Gasteiger charge is -2.25. The van der Waals surface area contributed by atoms with Gasteiger partial charge in [-0.15, -0.1) is 0 Å². The Morgan fingerprint density at radius 3 is 2.50 bits per heavy atom. The molecule has 0 saturated heterocycles. The van der Waals surface area contributed by atoms with Crippen molar-refractivity contribution in [3.8, 4) is 0 Å². The Balaban J connectivity index is 1.80. The first kappa shape index (κ1) is 15.3. The summed E-state index contributed by atoms with van der Waals surface area (Å²) in [4.78, 5) is 13.8. The molecule has 1 amide bonds. The summed E-state index contributed by atoms with van der Waals surface area (Å²) in [5, 5.41) is 11.0. The Bertz CT molecular complexity index is 452. The highest BCUT2D eigenvalue weighted by Gasteiger charge is 2.34. The second-order valence-electron chi connectivity index (χ2n) is 5.80. The van der Waals surface area contributed by atoms with Gasteiger partial charge in [0.2, 0.25) is 5.91 Å². The van der Waals surface area contributed by atoms with Crippen molar-refractivity contribution in [2.24, 2.45) is 0 Å². The Morgan fingerprint density at radius 2 is 1.90 bits per heavy atom. The normalized spacial score (nSPS) is 17.1. The molecule has 0 atom stereocenters. The first-order valence-electron chi connectivity index (χ1n) is 7.19. The van der Waals surface area contributed by atoms with Gasteiger partial charge in [0, 0.05) is 18.6 Å². The molecule has 2 rings (SSSR count). The van der Waals surface area contributed by atoms with Gasteiger partial charge in [0.05, 0.1) is 12.0 Å². The van der Waals surface area contributed by atoms with Crippen LogP contribution in [0.25, 0.3) is 0 Å². The number of hydrogen-bond acceptors (Lipinski definition) is 2. The van der Waals surface area contributed by atoms with E-state index in [1.54, 1.807) is 11.9 Å². The maximum atomic E-state index is 12.1. The molecule has 0 heterocycles. The molecule has 0 bridgehead atoms. The number of carbonyl (C=O) groups is 1. The third-order valence-corrected chi connectivity index (χ3v) is 4.34. The quantitative estimate of drug-likeness (QED) is 0.907. The third kappa shape index (κ3) is 4.22. The topological polar surface area (TPSA) is 40.5 Å². The van der Waals surface area contributed by atoms with Crippen LogP contribution in [0.5, 0.6) is 0 Å². The molecule has 1 saturated carbocycles. The summed E-state index contributed by atoms with van der Waals surface area (Å²) in [6.07, 6.45) is 4.62. The molecule has 1 N–H and O–H groups in total. The van der Waals surface area contributed by atoms with Crippen molar-refractivity contribution < 1.29 is 9.90 Å². The molecular formula is C16H22ClNO2. The predicted octanol–water partition coefficient (Wildman–Crippen LogP) is 3.04. The summed E-state index contributed by atoms with van der Waals surface area (Å²) >= 11 is 5.84. The zero-order chi connectivity index (χ0) is 14.6. The maximum Gasteiger partial charge on any atom is 0.225 e. The number of nitrogens with zero attached hydrogens (tertiary/aromatic N) is 1. The molecule has 1 fully saturated rings. The van der Waals surface area contributed by atoms with E-state index in [4.69, 9.17) is 11.6 Å². The number of carbonyl (C=O) groups excluding carboxylic acids is 1. The van der Waals surface area contributed by atoms with E-state index in [1.165, 1.54) is 0 Å². The van der Waals surface area contributed by atoms with Crippen LogP contribution in [0.4, 0.5) is 0 Å². The van der Waals surface area contributed by atoms with E-state index in [0.717, 1.165) is 42.7 Å². The van der Waals surface area contributed by atoms with E-state index in [-0.39, 0.29) is 12.3 Å². The van der Waals surface area contributed by atoms with Gasteiger partial charge in [-0.3, -0.25) is 4.79 Å². The standard InChI is InChI=1S/C16H22ClNO2/c1-18(11-8-13-4-6-14(17)7-5-13)15(19)12-16(20)9-2-3-10-16/h4-7,20H,2-3,8-12H2,1H3. The molecule has 0 unspecified atom stereocenters. The summed E-state index contributed by atoms with van der Waals surface area (Å²) in [6, 6.07) is 7.68. The second kappa shape index (κ2) is 6.59. The molecule has 1 aliphatic carbocycles. The molecule has 0 spiro atoms. The number of halogens is 1. The summed E-state index contributed by atoms with van der Waals surface area (Å²) in [5.41, 5.74) is 0.402. The summed E-state index contributed by atoms with van der Waals surface area (Å²) in [7, 11) is 1.80. The van der Waals surface area contributed by atoms with E-state index in [9.17, 15) is 9.90 Å². The van der Waals surface area contributed by atoms with E-state index in [1.807, 2.05) is 24.3 Å². The highest BCUT2D eigenvalue weighted by atomic mass is 35.5. The average molecular weight is 296 g/mol. The van der Waals surface area contributed by atoms with Crippen molar-refractivity contribution >= 4 is 17.5 Å². The molecule has 4 heteroatoms. The van der Waals surface area contributed by atoms with Crippen LogP contribution in [0.3, 0.4) is 0 Å². The predicted molar refractivity (Wildman–Crippen MR) is 80.8 cm³/mol. The van der Waals surface area contributed by atoms with Crippen LogP contribution >= 0.6 is 11.6 Å². The van der Waals surface area contributed by atoms with Crippen LogP contribution in [-0.2, 0) is 11.2 Å². The van der Waals surface area contributed by atoms with Crippen molar-refractivity contribution in [2.75, 3.05) is 13.6 Å². The first-order chi connectivity index (χ1) is 9.48. The van der Waals surface area contributed by atoms with Gasteiger partial charge in [0.15, 0.2) is 0 Å². The Labute approximate surface area is 125 Å². The monoisotopic (exact) mass is 295 g/mol. The summed E-state index contributed by atoms with van der Waals surface area (Å²) in [5.74, 6) is 0.0309. The van der Waals surface area contributed by atoms with Gasteiger partial charge >= 0.3 is 0 Å². The molecule has 1 aliphatic rings. The van der Waals surface area contributed by atoms with Crippen molar-refractivity contribution in [1.29, 1.82) is 0 Å². The highest BCUT2D eigenvalue weighted by Crippen LogP contribution is 2.32. The molecule has 1 aromatic carbocycles. The summed E-state index contributed by atoms with van der Waals surface area (Å²) in [6.45, 7) is 0.663. The van der Waals surface area contributed by atoms with Gasteiger partial charge < -0.3 is 10.0 Å². The molecule has 110 valence electrons. The Kier molecular flexibility index (Phi) is 5.06. The van der Waals surface area contributed by atoms with Crippen molar-refractivity contribution in [3.63, 3.8) is 0 Å². The smallest absolute Gasteiger partial charge is 0.225 e. The Hall–Kier alpha value is -1.06. The number of amides is 1. The van der Waals surface area contributed by atoms with Crippen molar-refractivity contribution in [3.05, 3.63) is 34.9 Å². The van der Waals surface area contributed by atoms with E-state index < -0.39 is 5.60 Å². The third-order valence-electron chi connectivity index (χ3n) is 4.09. The van der Waals surface area contributed by atoms with Crippen LogP contribution in [0, 0.1) is 0 Å². The molecular weight excluding hydrogens is 274 g/mol. The lowest BCUT2D eigenvalue weighted by atomic mass is 9.97. The SMILES string of the molecule is CN(CCc1ccc(Cl)cc1)C(=O)CC1(O)CCCC1. The van der Waals surface area contributed by atoms with E-state index in [2.05, 4.69) is 0 Å². The van der Waals surface area contributed by atoms with Crippen LogP contribution in [0.1, 0.15) is 37.7 Å². The number of likely N-dealkylation sites (N-methyl/N-ethyl adjacent to an activating group) is 1. The van der Waals surface area contributed by atoms with Crippen LogP contribution < -0.4 is 0 Å². The van der Waals surface area contributed by atoms with Crippen molar-refractivity contribution in [2.45, 2.75) is 44.1 Å². The van der Waals surface area contributed by atoms with Crippen LogP contribution in [0.15, 0.2) is 24.3 Å². The largest absolute Gasteiger partial charge is 0.389 e. The number of hydrogen-bond donors (Lipinski definition) is 1. The number of rotatable bonds is 5. The van der Waals surface area contributed by atoms with Crippen LogP contribution in [-0.4, -0.2) is 35.1 Å². The van der Waals surface area contributed by atoms with Gasteiger partial charge in [-0.05, 0) is 37.0 Å². The van der Waals surface area contributed by atoms with Gasteiger partial charge in [0.1, 0.15) is 0 Å². The van der Waals surface area contributed by atoms with Crippen LogP contribution in [0.2, 0.25) is 5.02 Å². The highest BCUT2D eigenvalue weighted by molar-refractivity contribution is 6.30. The minimum absolute atomic E-state index is 0.0309. The fraction of sp³-hybridized carbons (Fsp3) is 0.562. The van der Waals surface area contributed by atoms with Gasteiger partial charge in [-0.2, -0.15) is 0 Å². The van der Waals surface area contributed by atoms with Gasteiger partial charge in [-0.1, -0.05) is 36.6 Å². The average Bonchev–Trinajstić information content (AvgIpc) is 2.84. The number of benzene rings is 1. The fourth-order valence-electron chi connectivity index (χ4n) is 2.70. The second-order valence-corrected chi connectivity index (χ2v) is 6.24. The molecule has 20 heavy (non-hydrogen) atoms. The molecule has 0 aliphatic heterocycles. The first-order valence-corrected chi connectivity index (χ1v) is 7.57. The van der Waals surface area contributed by atoms with E-state index in [0.29, 0.717) is 6.54 Å². The van der Waals surface area contributed by atoms with Gasteiger partial charge in [-0.25, -0.2) is 0 Å². The summed E-state index contributed by atoms with van der Waals surface area (Å²) < 4.78 is 0. The molecule has 3 nitrogen and oxygen atoms in total. The minimum atomic E-state index is -0.758. The fourth-order valence-corrected chi connectivity index (χ4v) is 2.82.